The summed E-state index contributed by atoms with van der Waals surface area (Å²) in [5.74, 6) is 0.0537. The number of rotatable bonds is 6. The SMILES string of the molecule is Cl.NCCCN(Cc1ccccc1)C(=O)C1CCCN(C(=O)N2CCCC2)C1. The quantitative estimate of drug-likeness (QED) is 0.786. The molecule has 0 saturated carbocycles. The average molecular weight is 409 g/mol. The fourth-order valence-electron chi connectivity index (χ4n) is 4.07. The molecule has 2 N–H and O–H groups in total. The summed E-state index contributed by atoms with van der Waals surface area (Å²) >= 11 is 0. The molecule has 2 heterocycles. The molecule has 3 amide bonds. The van der Waals surface area contributed by atoms with Crippen molar-refractivity contribution in [2.75, 3.05) is 39.3 Å². The van der Waals surface area contributed by atoms with Gasteiger partial charge in [-0.3, -0.25) is 4.79 Å². The van der Waals surface area contributed by atoms with E-state index in [0.29, 0.717) is 26.2 Å². The largest absolute Gasteiger partial charge is 0.338 e. The Morgan fingerprint density at radius 2 is 1.71 bits per heavy atom. The van der Waals surface area contributed by atoms with E-state index in [1.807, 2.05) is 45.0 Å². The molecule has 0 bridgehead atoms. The van der Waals surface area contributed by atoms with Gasteiger partial charge < -0.3 is 20.4 Å². The van der Waals surface area contributed by atoms with Gasteiger partial charge in [0.25, 0.3) is 0 Å². The lowest BCUT2D eigenvalue weighted by atomic mass is 9.96. The van der Waals surface area contributed by atoms with Crippen LogP contribution in [-0.2, 0) is 11.3 Å². The minimum Gasteiger partial charge on any atom is -0.338 e. The molecule has 0 radical (unpaired) electrons. The Kier molecular flexibility index (Phi) is 9.06. The molecule has 2 aliphatic heterocycles. The third-order valence-corrected chi connectivity index (χ3v) is 5.58. The van der Waals surface area contributed by atoms with Crippen molar-refractivity contribution in [3.8, 4) is 0 Å². The molecule has 1 aromatic rings. The topological polar surface area (TPSA) is 69.9 Å². The van der Waals surface area contributed by atoms with Crippen LogP contribution in [-0.4, -0.2) is 65.9 Å². The Hall–Kier alpha value is -1.79. The molecule has 156 valence electrons. The highest BCUT2D eigenvalue weighted by atomic mass is 35.5. The number of amides is 3. The molecule has 2 saturated heterocycles. The maximum atomic E-state index is 13.2. The Balaban J connectivity index is 0.00000280. The van der Waals surface area contributed by atoms with Crippen LogP contribution < -0.4 is 5.73 Å². The molecule has 1 atom stereocenters. The van der Waals surface area contributed by atoms with Crippen molar-refractivity contribution < 1.29 is 9.59 Å². The Morgan fingerprint density at radius 3 is 2.39 bits per heavy atom. The van der Waals surface area contributed by atoms with E-state index in [1.165, 1.54) is 0 Å². The molecule has 2 aliphatic rings. The third-order valence-electron chi connectivity index (χ3n) is 5.58. The van der Waals surface area contributed by atoms with Crippen LogP contribution >= 0.6 is 12.4 Å². The van der Waals surface area contributed by atoms with Gasteiger partial charge in [0.2, 0.25) is 5.91 Å². The highest BCUT2D eigenvalue weighted by Gasteiger charge is 2.33. The highest BCUT2D eigenvalue weighted by Crippen LogP contribution is 2.22. The highest BCUT2D eigenvalue weighted by molar-refractivity contribution is 5.85. The van der Waals surface area contributed by atoms with Crippen LogP contribution in [0.5, 0.6) is 0 Å². The molecule has 6 nitrogen and oxygen atoms in total. The van der Waals surface area contributed by atoms with Gasteiger partial charge >= 0.3 is 6.03 Å². The molecular weight excluding hydrogens is 376 g/mol. The maximum Gasteiger partial charge on any atom is 0.320 e. The first-order chi connectivity index (χ1) is 13.2. The summed E-state index contributed by atoms with van der Waals surface area (Å²) in [5, 5.41) is 0. The smallest absolute Gasteiger partial charge is 0.320 e. The van der Waals surface area contributed by atoms with Gasteiger partial charge in [-0.2, -0.15) is 0 Å². The number of carbonyl (C=O) groups is 2. The lowest BCUT2D eigenvalue weighted by Crippen LogP contribution is -2.50. The summed E-state index contributed by atoms with van der Waals surface area (Å²) in [6, 6.07) is 10.2. The summed E-state index contributed by atoms with van der Waals surface area (Å²) in [6.45, 7) is 4.86. The van der Waals surface area contributed by atoms with Crippen LogP contribution in [0.15, 0.2) is 30.3 Å². The van der Waals surface area contributed by atoms with E-state index in [4.69, 9.17) is 5.73 Å². The van der Waals surface area contributed by atoms with Gasteiger partial charge in [-0.15, -0.1) is 12.4 Å². The summed E-state index contributed by atoms with van der Waals surface area (Å²) in [4.78, 5) is 31.7. The molecule has 1 aromatic carbocycles. The van der Waals surface area contributed by atoms with Crippen LogP contribution in [0.1, 0.15) is 37.7 Å². The van der Waals surface area contributed by atoms with E-state index in [-0.39, 0.29) is 30.3 Å². The second-order valence-electron chi connectivity index (χ2n) is 7.65. The predicted molar refractivity (Wildman–Crippen MR) is 113 cm³/mol. The standard InChI is InChI=1S/C21H32N4O2.ClH/c22-11-7-15-24(16-18-8-2-1-3-9-18)20(26)19-10-6-14-25(17-19)21(27)23-12-4-5-13-23;/h1-3,8-9,19H,4-7,10-17,22H2;1H. The van der Waals surface area contributed by atoms with Crippen molar-refractivity contribution >= 4 is 24.3 Å². The molecule has 3 rings (SSSR count). The minimum atomic E-state index is -0.105. The monoisotopic (exact) mass is 408 g/mol. The number of benzene rings is 1. The molecule has 0 spiro atoms. The molecule has 1 unspecified atom stereocenters. The number of nitrogens with zero attached hydrogens (tertiary/aromatic N) is 3. The van der Waals surface area contributed by atoms with Crippen LogP contribution in [0.25, 0.3) is 0 Å². The molecular formula is C21H33ClN4O2. The van der Waals surface area contributed by atoms with Crippen molar-refractivity contribution in [2.24, 2.45) is 11.7 Å². The van der Waals surface area contributed by atoms with Crippen molar-refractivity contribution in [1.29, 1.82) is 0 Å². The van der Waals surface area contributed by atoms with Crippen LogP contribution in [0.2, 0.25) is 0 Å². The summed E-state index contributed by atoms with van der Waals surface area (Å²) < 4.78 is 0. The number of carbonyl (C=O) groups excluding carboxylic acids is 2. The molecule has 2 fully saturated rings. The second-order valence-corrected chi connectivity index (χ2v) is 7.65. The van der Waals surface area contributed by atoms with E-state index in [0.717, 1.165) is 57.3 Å². The number of nitrogens with two attached hydrogens (primary N) is 1. The first-order valence-electron chi connectivity index (χ1n) is 10.3. The number of piperidine rings is 1. The maximum absolute atomic E-state index is 13.2. The lowest BCUT2D eigenvalue weighted by molar-refractivity contribution is -0.137. The van der Waals surface area contributed by atoms with Crippen molar-refractivity contribution in [2.45, 2.75) is 38.6 Å². The summed E-state index contributed by atoms with van der Waals surface area (Å²) in [6.07, 6.45) is 4.72. The fourth-order valence-corrected chi connectivity index (χ4v) is 4.07. The second kappa shape index (κ2) is 11.3. The fraction of sp³-hybridized carbons (Fsp3) is 0.619. The minimum absolute atomic E-state index is 0. The van der Waals surface area contributed by atoms with E-state index >= 15 is 0 Å². The van der Waals surface area contributed by atoms with Gasteiger partial charge in [-0.25, -0.2) is 4.79 Å². The number of hydrogen-bond acceptors (Lipinski definition) is 3. The van der Waals surface area contributed by atoms with Crippen molar-refractivity contribution in [3.05, 3.63) is 35.9 Å². The van der Waals surface area contributed by atoms with Gasteiger partial charge in [0.05, 0.1) is 5.92 Å². The van der Waals surface area contributed by atoms with E-state index in [2.05, 4.69) is 0 Å². The first-order valence-corrected chi connectivity index (χ1v) is 10.3. The number of hydrogen-bond donors (Lipinski definition) is 1. The van der Waals surface area contributed by atoms with Crippen LogP contribution in [0.4, 0.5) is 4.79 Å². The first kappa shape index (κ1) is 22.5. The zero-order chi connectivity index (χ0) is 19.1. The van der Waals surface area contributed by atoms with Gasteiger partial charge in [0.1, 0.15) is 0 Å². The molecule has 7 heteroatoms. The molecule has 28 heavy (non-hydrogen) atoms. The number of likely N-dealkylation sites (tertiary alicyclic amines) is 2. The van der Waals surface area contributed by atoms with E-state index < -0.39 is 0 Å². The summed E-state index contributed by atoms with van der Waals surface area (Å²) in [5.41, 5.74) is 6.81. The lowest BCUT2D eigenvalue weighted by Gasteiger charge is -2.36. The van der Waals surface area contributed by atoms with E-state index in [9.17, 15) is 9.59 Å². The van der Waals surface area contributed by atoms with Gasteiger partial charge in [-0.05, 0) is 44.2 Å². The number of urea groups is 1. The third kappa shape index (κ3) is 5.85. The Bertz CT molecular complexity index is 622. The van der Waals surface area contributed by atoms with Crippen LogP contribution in [0.3, 0.4) is 0 Å². The van der Waals surface area contributed by atoms with Gasteiger partial charge in [0.15, 0.2) is 0 Å². The normalized spacial score (nSPS) is 19.2. The summed E-state index contributed by atoms with van der Waals surface area (Å²) in [7, 11) is 0. The molecule has 0 aliphatic carbocycles. The van der Waals surface area contributed by atoms with Gasteiger partial charge in [0, 0.05) is 39.3 Å². The zero-order valence-corrected chi connectivity index (χ0v) is 17.4. The molecule has 0 aromatic heterocycles. The van der Waals surface area contributed by atoms with Gasteiger partial charge in [-0.1, -0.05) is 30.3 Å². The Morgan fingerprint density at radius 1 is 1.04 bits per heavy atom. The van der Waals surface area contributed by atoms with Crippen molar-refractivity contribution in [3.63, 3.8) is 0 Å². The Labute approximate surface area is 174 Å². The van der Waals surface area contributed by atoms with Crippen LogP contribution in [0, 0.1) is 5.92 Å². The average Bonchev–Trinajstić information content (AvgIpc) is 3.26. The van der Waals surface area contributed by atoms with E-state index in [1.54, 1.807) is 0 Å². The number of halogens is 1. The zero-order valence-electron chi connectivity index (χ0n) is 16.6. The predicted octanol–water partition coefficient (Wildman–Crippen LogP) is 2.71. The van der Waals surface area contributed by atoms with Crippen molar-refractivity contribution in [1.82, 2.24) is 14.7 Å².